The SMILES string of the molecule is O=C(Nc1ccc(-c2nnc(S(=O)(=O)Cc3ccccc3)o2)c(C(F)(F)F)c1)C1CCCCC1. The molecule has 0 aliphatic heterocycles. The zero-order chi connectivity index (χ0) is 24.3. The van der Waals surface area contributed by atoms with Crippen molar-refractivity contribution in [2.45, 2.75) is 49.3 Å². The van der Waals surface area contributed by atoms with E-state index >= 15 is 0 Å². The monoisotopic (exact) mass is 493 g/mol. The highest BCUT2D eigenvalue weighted by Crippen LogP contribution is 2.39. The molecule has 0 bridgehead atoms. The predicted molar refractivity (Wildman–Crippen MR) is 117 cm³/mol. The number of hydrogen-bond acceptors (Lipinski definition) is 6. The highest BCUT2D eigenvalue weighted by atomic mass is 32.2. The summed E-state index contributed by atoms with van der Waals surface area (Å²) in [5, 5.41) is 8.81. The average Bonchev–Trinajstić information content (AvgIpc) is 3.31. The van der Waals surface area contributed by atoms with Gasteiger partial charge in [0.1, 0.15) is 0 Å². The third-order valence-electron chi connectivity index (χ3n) is 5.67. The fourth-order valence-corrected chi connectivity index (χ4v) is 5.08. The molecule has 1 aliphatic carbocycles. The molecule has 1 fully saturated rings. The van der Waals surface area contributed by atoms with Crippen molar-refractivity contribution in [1.29, 1.82) is 0 Å². The number of anilines is 1. The van der Waals surface area contributed by atoms with Gasteiger partial charge in [-0.3, -0.25) is 4.79 Å². The van der Waals surface area contributed by atoms with Crippen molar-refractivity contribution in [3.05, 3.63) is 59.7 Å². The minimum atomic E-state index is -4.81. The van der Waals surface area contributed by atoms with Crippen molar-refractivity contribution in [3.63, 3.8) is 0 Å². The second-order valence-corrected chi connectivity index (χ2v) is 10.1. The van der Waals surface area contributed by atoms with Crippen LogP contribution in [0.1, 0.15) is 43.2 Å². The van der Waals surface area contributed by atoms with Crippen molar-refractivity contribution >= 4 is 21.4 Å². The van der Waals surface area contributed by atoms with Crippen LogP contribution in [0.5, 0.6) is 0 Å². The minimum Gasteiger partial charge on any atom is -0.408 e. The molecule has 180 valence electrons. The maximum absolute atomic E-state index is 13.8. The van der Waals surface area contributed by atoms with Gasteiger partial charge in [0.05, 0.1) is 16.9 Å². The standard InChI is InChI=1S/C23H22F3N3O4S/c24-23(25,26)19-13-17(27-20(30)16-9-5-2-6-10-16)11-12-18(19)21-28-29-22(33-21)34(31,32)14-15-7-3-1-4-8-15/h1,3-4,7-8,11-13,16H,2,5-6,9-10,14H2,(H,27,30). The van der Waals surface area contributed by atoms with Gasteiger partial charge in [0, 0.05) is 11.6 Å². The highest BCUT2D eigenvalue weighted by molar-refractivity contribution is 7.90. The van der Waals surface area contributed by atoms with E-state index in [0.29, 0.717) is 18.4 Å². The van der Waals surface area contributed by atoms with Crippen molar-refractivity contribution in [2.75, 3.05) is 5.32 Å². The van der Waals surface area contributed by atoms with Gasteiger partial charge in [0.25, 0.3) is 0 Å². The molecule has 7 nitrogen and oxygen atoms in total. The fourth-order valence-electron chi connectivity index (χ4n) is 3.95. The lowest BCUT2D eigenvalue weighted by atomic mass is 9.88. The van der Waals surface area contributed by atoms with Crippen molar-refractivity contribution in [2.24, 2.45) is 5.92 Å². The summed E-state index contributed by atoms with van der Waals surface area (Å²) in [6.07, 6.45) is -0.520. The third kappa shape index (κ3) is 5.46. The summed E-state index contributed by atoms with van der Waals surface area (Å²) in [4.78, 5) is 12.4. The summed E-state index contributed by atoms with van der Waals surface area (Å²) in [7, 11) is -4.06. The molecular weight excluding hydrogens is 471 g/mol. The maximum Gasteiger partial charge on any atom is 0.417 e. The molecule has 2 aromatic carbocycles. The van der Waals surface area contributed by atoms with Crippen LogP contribution >= 0.6 is 0 Å². The van der Waals surface area contributed by atoms with Gasteiger partial charge < -0.3 is 9.73 Å². The molecule has 0 saturated heterocycles. The summed E-state index contributed by atoms with van der Waals surface area (Å²) >= 11 is 0. The molecule has 11 heteroatoms. The Balaban J connectivity index is 1.60. The van der Waals surface area contributed by atoms with Gasteiger partial charge in [-0.15, -0.1) is 5.10 Å². The van der Waals surface area contributed by atoms with Gasteiger partial charge in [-0.05, 0) is 36.6 Å². The molecule has 1 amide bonds. The molecule has 0 radical (unpaired) electrons. The molecule has 0 atom stereocenters. The Kier molecular flexibility index (Phi) is 6.74. The van der Waals surface area contributed by atoms with Crippen LogP contribution in [0, 0.1) is 5.92 Å². The summed E-state index contributed by atoms with van der Waals surface area (Å²) in [6, 6.07) is 11.4. The van der Waals surface area contributed by atoms with E-state index in [-0.39, 0.29) is 17.5 Å². The smallest absolute Gasteiger partial charge is 0.408 e. The number of sulfone groups is 1. The average molecular weight is 494 g/mol. The lowest BCUT2D eigenvalue weighted by molar-refractivity contribution is -0.137. The normalized spacial score (nSPS) is 15.3. The van der Waals surface area contributed by atoms with Crippen LogP contribution in [0.3, 0.4) is 0 Å². The third-order valence-corrected chi connectivity index (χ3v) is 7.08. The molecule has 0 unspecified atom stereocenters. The molecule has 3 aromatic rings. The first-order valence-corrected chi connectivity index (χ1v) is 12.4. The number of aromatic nitrogens is 2. The summed E-state index contributed by atoms with van der Waals surface area (Å²) in [5.74, 6) is -1.55. The van der Waals surface area contributed by atoms with E-state index in [1.165, 1.54) is 6.07 Å². The minimum absolute atomic E-state index is 0.0110. The first kappa shape index (κ1) is 23.9. The van der Waals surface area contributed by atoms with Crippen LogP contribution in [0.25, 0.3) is 11.5 Å². The van der Waals surface area contributed by atoms with Crippen molar-refractivity contribution in [1.82, 2.24) is 10.2 Å². The molecule has 0 spiro atoms. The zero-order valence-electron chi connectivity index (χ0n) is 18.0. The van der Waals surface area contributed by atoms with Crippen LogP contribution in [0.15, 0.2) is 58.2 Å². The number of nitrogens with zero attached hydrogens (tertiary/aromatic N) is 2. The molecule has 34 heavy (non-hydrogen) atoms. The van der Waals surface area contributed by atoms with Crippen LogP contribution in [0.2, 0.25) is 0 Å². The molecule has 1 aromatic heterocycles. The van der Waals surface area contributed by atoms with Crippen molar-refractivity contribution in [3.8, 4) is 11.5 Å². The van der Waals surface area contributed by atoms with Crippen LogP contribution in [-0.2, 0) is 26.6 Å². The summed E-state index contributed by atoms with van der Waals surface area (Å²) in [5.41, 5.74) is -1.14. The number of amides is 1. The van der Waals surface area contributed by atoms with E-state index in [0.717, 1.165) is 31.4 Å². The Morgan fingerprint density at radius 2 is 1.74 bits per heavy atom. The number of hydrogen-bond donors (Lipinski definition) is 1. The Morgan fingerprint density at radius 1 is 1.03 bits per heavy atom. The first-order valence-electron chi connectivity index (χ1n) is 10.8. The number of nitrogens with one attached hydrogen (secondary N) is 1. The molecule has 1 N–H and O–H groups in total. The van der Waals surface area contributed by atoms with E-state index in [4.69, 9.17) is 4.42 Å². The quantitative estimate of drug-likeness (QED) is 0.503. The Bertz CT molecular complexity index is 1270. The zero-order valence-corrected chi connectivity index (χ0v) is 18.8. The molecular formula is C23H22F3N3O4S. The topological polar surface area (TPSA) is 102 Å². The number of carbonyl (C=O) groups excluding carboxylic acids is 1. The first-order chi connectivity index (χ1) is 16.1. The Hall–Kier alpha value is -3.21. The summed E-state index contributed by atoms with van der Waals surface area (Å²) < 4.78 is 71.8. The van der Waals surface area contributed by atoms with Gasteiger partial charge in [-0.25, -0.2) is 8.42 Å². The van der Waals surface area contributed by atoms with E-state index in [1.807, 2.05) is 0 Å². The number of rotatable bonds is 6. The lowest BCUT2D eigenvalue weighted by Gasteiger charge is -2.21. The van der Waals surface area contributed by atoms with E-state index in [9.17, 15) is 26.4 Å². The van der Waals surface area contributed by atoms with E-state index in [2.05, 4.69) is 15.5 Å². The molecule has 1 saturated carbocycles. The summed E-state index contributed by atoms with van der Waals surface area (Å²) in [6.45, 7) is 0. The predicted octanol–water partition coefficient (Wildman–Crippen LogP) is 5.25. The van der Waals surface area contributed by atoms with Crippen LogP contribution in [0.4, 0.5) is 18.9 Å². The Morgan fingerprint density at radius 3 is 2.41 bits per heavy atom. The maximum atomic E-state index is 13.8. The van der Waals surface area contributed by atoms with Crippen LogP contribution in [-0.4, -0.2) is 24.5 Å². The molecule has 4 rings (SSSR count). The van der Waals surface area contributed by atoms with E-state index in [1.54, 1.807) is 30.3 Å². The second kappa shape index (κ2) is 9.57. The number of halogens is 3. The fraction of sp³-hybridized carbons (Fsp3) is 0.348. The number of alkyl halides is 3. The molecule has 1 aliphatic rings. The number of benzene rings is 2. The second-order valence-electron chi connectivity index (χ2n) is 8.20. The highest BCUT2D eigenvalue weighted by Gasteiger charge is 2.36. The Labute approximate surface area is 194 Å². The van der Waals surface area contributed by atoms with Gasteiger partial charge in [-0.2, -0.15) is 13.2 Å². The van der Waals surface area contributed by atoms with Gasteiger partial charge >= 0.3 is 11.4 Å². The van der Waals surface area contributed by atoms with Crippen molar-refractivity contribution < 1.29 is 30.8 Å². The van der Waals surface area contributed by atoms with Crippen LogP contribution < -0.4 is 5.32 Å². The van der Waals surface area contributed by atoms with Gasteiger partial charge in [0.15, 0.2) is 0 Å². The lowest BCUT2D eigenvalue weighted by Crippen LogP contribution is -2.25. The van der Waals surface area contributed by atoms with Gasteiger partial charge in [0.2, 0.25) is 21.6 Å². The van der Waals surface area contributed by atoms with Gasteiger partial charge in [-0.1, -0.05) is 54.7 Å². The van der Waals surface area contributed by atoms with E-state index < -0.39 is 44.0 Å². The molecule has 1 heterocycles. The number of carbonyl (C=O) groups is 1. The largest absolute Gasteiger partial charge is 0.417 e.